The fourth-order valence-corrected chi connectivity index (χ4v) is 3.10. The molecule has 4 nitrogen and oxygen atoms in total. The Hall–Kier alpha value is -3.66. The van der Waals surface area contributed by atoms with Crippen molar-refractivity contribution in [2.45, 2.75) is 0 Å². The van der Waals surface area contributed by atoms with Crippen LogP contribution >= 0.6 is 0 Å². The average Bonchev–Trinajstić information content (AvgIpc) is 2.74. The van der Waals surface area contributed by atoms with Gasteiger partial charge in [-0.2, -0.15) is 0 Å². The van der Waals surface area contributed by atoms with E-state index in [4.69, 9.17) is 9.97 Å². The molecule has 4 heteroatoms. The van der Waals surface area contributed by atoms with Gasteiger partial charge in [0.05, 0.1) is 33.8 Å². The van der Waals surface area contributed by atoms with Crippen LogP contribution in [-0.2, 0) is 0 Å². The Balaban J connectivity index is 1.69. The molecule has 0 amide bonds. The van der Waals surface area contributed by atoms with Crippen molar-refractivity contribution in [3.8, 4) is 22.8 Å². The van der Waals surface area contributed by atoms with Gasteiger partial charge in [0.2, 0.25) is 0 Å². The quantitative estimate of drug-likeness (QED) is 0.431. The van der Waals surface area contributed by atoms with Gasteiger partial charge < -0.3 is 0 Å². The second-order valence-corrected chi connectivity index (χ2v) is 6.03. The number of rotatable bonds is 2. The summed E-state index contributed by atoms with van der Waals surface area (Å²) in [5.74, 6) is 0. The summed E-state index contributed by atoms with van der Waals surface area (Å²) >= 11 is 0. The van der Waals surface area contributed by atoms with Crippen LogP contribution in [0.3, 0.4) is 0 Å². The zero-order chi connectivity index (χ0) is 17.3. The second kappa shape index (κ2) is 6.01. The first-order valence-corrected chi connectivity index (χ1v) is 8.42. The molecule has 0 atom stereocenters. The molecule has 0 radical (unpaired) electrons. The van der Waals surface area contributed by atoms with Gasteiger partial charge in [0.1, 0.15) is 0 Å². The largest absolute Gasteiger partial charge is 0.255 e. The summed E-state index contributed by atoms with van der Waals surface area (Å²) in [5, 5.41) is 2.15. The molecular weight excluding hydrogens is 320 g/mol. The van der Waals surface area contributed by atoms with Crippen molar-refractivity contribution in [1.82, 2.24) is 19.9 Å². The van der Waals surface area contributed by atoms with Crippen molar-refractivity contribution in [2.24, 2.45) is 0 Å². The molecule has 0 fully saturated rings. The summed E-state index contributed by atoms with van der Waals surface area (Å²) < 4.78 is 0. The van der Waals surface area contributed by atoms with Crippen LogP contribution in [0.1, 0.15) is 0 Å². The molecule has 5 rings (SSSR count). The van der Waals surface area contributed by atoms with Crippen molar-refractivity contribution in [1.29, 1.82) is 0 Å². The molecular formula is C22H14N4. The summed E-state index contributed by atoms with van der Waals surface area (Å²) in [5.41, 5.74) is 5.14. The Morgan fingerprint density at radius 3 is 1.96 bits per heavy atom. The van der Waals surface area contributed by atoms with Crippen molar-refractivity contribution >= 4 is 21.8 Å². The molecule has 4 aromatic heterocycles. The summed E-state index contributed by atoms with van der Waals surface area (Å²) in [6.45, 7) is 0. The number of fused-ring (bicyclic) bond motifs is 3. The minimum absolute atomic E-state index is 0.822. The van der Waals surface area contributed by atoms with E-state index in [1.165, 1.54) is 0 Å². The Bertz CT molecular complexity index is 1230. The van der Waals surface area contributed by atoms with E-state index in [1.807, 2.05) is 48.5 Å². The smallest absolute Gasteiger partial charge is 0.0972 e. The van der Waals surface area contributed by atoms with Crippen LogP contribution in [0.5, 0.6) is 0 Å². The fraction of sp³-hybridized carbons (Fsp3) is 0. The maximum absolute atomic E-state index is 4.86. The lowest BCUT2D eigenvalue weighted by atomic mass is 10.1. The average molecular weight is 334 g/mol. The Labute approximate surface area is 150 Å². The number of nitrogens with zero attached hydrogens (tertiary/aromatic N) is 4. The van der Waals surface area contributed by atoms with Gasteiger partial charge in [0, 0.05) is 23.2 Å². The van der Waals surface area contributed by atoms with Crippen molar-refractivity contribution in [2.75, 3.05) is 0 Å². The minimum Gasteiger partial charge on any atom is -0.255 e. The number of pyridine rings is 4. The van der Waals surface area contributed by atoms with Crippen LogP contribution < -0.4 is 0 Å². The predicted octanol–water partition coefficient (Wildman–Crippen LogP) is 4.91. The molecule has 0 aliphatic rings. The molecule has 122 valence electrons. The maximum atomic E-state index is 4.86. The maximum Gasteiger partial charge on any atom is 0.0972 e. The van der Waals surface area contributed by atoms with Crippen LogP contribution in [0.25, 0.3) is 44.6 Å². The zero-order valence-corrected chi connectivity index (χ0v) is 13.9. The SMILES string of the molecule is c1ccc(-c2cccc(-c3ccc4ccc5cccnc5c4n3)n2)nc1. The summed E-state index contributed by atoms with van der Waals surface area (Å²) in [6.07, 6.45) is 3.58. The molecule has 4 heterocycles. The van der Waals surface area contributed by atoms with Gasteiger partial charge in [-0.05, 0) is 36.4 Å². The first-order chi connectivity index (χ1) is 12.9. The van der Waals surface area contributed by atoms with Crippen LogP contribution in [0.4, 0.5) is 0 Å². The number of hydrogen-bond acceptors (Lipinski definition) is 4. The van der Waals surface area contributed by atoms with Gasteiger partial charge in [0.25, 0.3) is 0 Å². The highest BCUT2D eigenvalue weighted by molar-refractivity contribution is 6.03. The predicted molar refractivity (Wildman–Crippen MR) is 104 cm³/mol. The topological polar surface area (TPSA) is 51.6 Å². The molecule has 0 bridgehead atoms. The van der Waals surface area contributed by atoms with Crippen LogP contribution in [0, 0.1) is 0 Å². The Morgan fingerprint density at radius 1 is 0.423 bits per heavy atom. The van der Waals surface area contributed by atoms with E-state index >= 15 is 0 Å². The minimum atomic E-state index is 0.822. The third-order valence-corrected chi connectivity index (χ3v) is 4.37. The van der Waals surface area contributed by atoms with Gasteiger partial charge in [-0.1, -0.05) is 36.4 Å². The third-order valence-electron chi connectivity index (χ3n) is 4.37. The monoisotopic (exact) mass is 334 g/mol. The molecule has 0 saturated carbocycles. The standard InChI is InChI=1S/C22H14N4/c1-2-13-23-17(6-1)18-7-3-8-19(25-18)20-12-11-16-10-9-15-5-4-14-24-21(15)22(16)26-20/h1-14H. The number of hydrogen-bond donors (Lipinski definition) is 0. The second-order valence-electron chi connectivity index (χ2n) is 6.03. The van der Waals surface area contributed by atoms with E-state index in [0.717, 1.165) is 44.6 Å². The lowest BCUT2D eigenvalue weighted by Crippen LogP contribution is -1.93. The molecule has 0 aliphatic heterocycles. The molecule has 0 spiro atoms. The first kappa shape index (κ1) is 14.7. The normalized spacial score (nSPS) is 11.1. The molecule has 5 aromatic rings. The highest BCUT2D eigenvalue weighted by Gasteiger charge is 2.08. The zero-order valence-electron chi connectivity index (χ0n) is 13.9. The fourth-order valence-electron chi connectivity index (χ4n) is 3.10. The molecule has 1 aromatic carbocycles. The molecule has 0 saturated heterocycles. The summed E-state index contributed by atoms with van der Waals surface area (Å²) in [6, 6.07) is 24.0. The lowest BCUT2D eigenvalue weighted by Gasteiger charge is -2.07. The van der Waals surface area contributed by atoms with E-state index in [9.17, 15) is 0 Å². The molecule has 26 heavy (non-hydrogen) atoms. The van der Waals surface area contributed by atoms with Crippen LogP contribution in [0.15, 0.2) is 85.2 Å². The lowest BCUT2D eigenvalue weighted by molar-refractivity contribution is 1.23. The summed E-state index contributed by atoms with van der Waals surface area (Å²) in [4.78, 5) is 18.5. The van der Waals surface area contributed by atoms with Gasteiger partial charge in [-0.3, -0.25) is 9.97 Å². The van der Waals surface area contributed by atoms with E-state index < -0.39 is 0 Å². The molecule has 0 unspecified atom stereocenters. The van der Waals surface area contributed by atoms with E-state index in [0.29, 0.717) is 0 Å². The van der Waals surface area contributed by atoms with Crippen molar-refractivity contribution in [3.05, 3.63) is 85.2 Å². The van der Waals surface area contributed by atoms with Crippen LogP contribution in [0.2, 0.25) is 0 Å². The highest BCUT2D eigenvalue weighted by atomic mass is 14.8. The van der Waals surface area contributed by atoms with E-state index in [2.05, 4.69) is 34.2 Å². The van der Waals surface area contributed by atoms with Gasteiger partial charge in [0.15, 0.2) is 0 Å². The summed E-state index contributed by atoms with van der Waals surface area (Å²) in [7, 11) is 0. The first-order valence-electron chi connectivity index (χ1n) is 8.42. The molecule has 0 aliphatic carbocycles. The highest BCUT2D eigenvalue weighted by Crippen LogP contribution is 2.26. The number of aromatic nitrogens is 4. The molecule has 0 N–H and O–H groups in total. The van der Waals surface area contributed by atoms with E-state index in [-0.39, 0.29) is 0 Å². The number of benzene rings is 1. The van der Waals surface area contributed by atoms with Crippen molar-refractivity contribution in [3.63, 3.8) is 0 Å². The van der Waals surface area contributed by atoms with Crippen LogP contribution in [-0.4, -0.2) is 19.9 Å². The Kier molecular flexibility index (Phi) is 3.39. The van der Waals surface area contributed by atoms with Crippen molar-refractivity contribution < 1.29 is 0 Å². The van der Waals surface area contributed by atoms with E-state index in [1.54, 1.807) is 12.4 Å². The van der Waals surface area contributed by atoms with Gasteiger partial charge in [-0.15, -0.1) is 0 Å². The third kappa shape index (κ3) is 2.48. The Morgan fingerprint density at radius 2 is 1.12 bits per heavy atom. The van der Waals surface area contributed by atoms with Gasteiger partial charge in [-0.25, -0.2) is 9.97 Å². The van der Waals surface area contributed by atoms with Gasteiger partial charge >= 0.3 is 0 Å².